The molecule has 0 bridgehead atoms. The highest BCUT2D eigenvalue weighted by atomic mass is 79.9. The minimum absolute atomic E-state index is 0.636. The number of benzene rings is 1. The van der Waals surface area contributed by atoms with Gasteiger partial charge in [0.2, 0.25) is 0 Å². The number of aliphatic hydroxyl groups excluding tert-OH is 1. The zero-order chi connectivity index (χ0) is 13.3. The van der Waals surface area contributed by atoms with E-state index in [0.29, 0.717) is 4.34 Å². The quantitative estimate of drug-likeness (QED) is 0.767. The molecule has 2 aromatic rings. The monoisotopic (exact) mass is 410 g/mol. The maximum atomic E-state index is 10.3. The van der Waals surface area contributed by atoms with Crippen LogP contribution in [0.25, 0.3) is 0 Å². The fraction of sp³-hybridized carbons (Fsp3) is 0.167. The summed E-state index contributed by atoms with van der Waals surface area (Å²) in [5.74, 6) is 0.733. The van der Waals surface area contributed by atoms with Crippen molar-refractivity contribution in [3.63, 3.8) is 0 Å². The van der Waals surface area contributed by atoms with E-state index in [0.717, 1.165) is 25.1 Å². The maximum absolute atomic E-state index is 10.3. The molecule has 18 heavy (non-hydrogen) atoms. The second-order valence-corrected chi connectivity index (χ2v) is 6.96. The summed E-state index contributed by atoms with van der Waals surface area (Å²) in [4.78, 5) is 0.795. The predicted molar refractivity (Wildman–Crippen MR) is 81.8 cm³/mol. The molecule has 1 aromatic heterocycles. The molecule has 2 nitrogen and oxygen atoms in total. The topological polar surface area (TPSA) is 29.5 Å². The summed E-state index contributed by atoms with van der Waals surface area (Å²) in [6.07, 6.45) is -0.694. The molecule has 0 fully saturated rings. The van der Waals surface area contributed by atoms with Crippen molar-refractivity contribution in [1.29, 1.82) is 0 Å². The molecule has 1 unspecified atom stereocenters. The average Bonchev–Trinajstić information content (AvgIpc) is 2.68. The van der Waals surface area contributed by atoms with Gasteiger partial charge in [0.15, 0.2) is 0 Å². The van der Waals surface area contributed by atoms with E-state index in [1.165, 1.54) is 11.3 Å². The summed E-state index contributed by atoms with van der Waals surface area (Å²) in [7, 11) is 1.60. The number of halogens is 3. The van der Waals surface area contributed by atoms with Gasteiger partial charge in [0, 0.05) is 9.35 Å². The van der Waals surface area contributed by atoms with Crippen LogP contribution >= 0.6 is 54.8 Å². The number of thiophene rings is 1. The maximum Gasteiger partial charge on any atom is 0.133 e. The highest BCUT2D eigenvalue weighted by Crippen LogP contribution is 2.38. The Kier molecular flexibility index (Phi) is 4.72. The second-order valence-electron chi connectivity index (χ2n) is 3.57. The lowest BCUT2D eigenvalue weighted by Crippen LogP contribution is -1.97. The van der Waals surface area contributed by atoms with Crippen molar-refractivity contribution in [3.05, 3.63) is 48.0 Å². The first-order chi connectivity index (χ1) is 8.52. The van der Waals surface area contributed by atoms with Gasteiger partial charge in [-0.25, -0.2) is 0 Å². The Hall–Kier alpha value is -0.0700. The highest BCUT2D eigenvalue weighted by molar-refractivity contribution is 9.11. The number of ether oxygens (including phenoxy) is 1. The lowest BCUT2D eigenvalue weighted by atomic mass is 10.1. The zero-order valence-electron chi connectivity index (χ0n) is 9.28. The molecule has 6 heteroatoms. The van der Waals surface area contributed by atoms with E-state index in [4.69, 9.17) is 16.3 Å². The molecule has 0 aliphatic heterocycles. The number of aliphatic hydroxyl groups is 1. The Morgan fingerprint density at radius 3 is 2.50 bits per heavy atom. The number of rotatable bonds is 3. The smallest absolute Gasteiger partial charge is 0.133 e. The molecular formula is C12H9Br2ClO2S. The van der Waals surface area contributed by atoms with Crippen LogP contribution in [0.5, 0.6) is 5.75 Å². The normalized spacial score (nSPS) is 12.5. The Labute approximate surface area is 131 Å². The number of methoxy groups -OCH3 is 1. The molecule has 1 aromatic carbocycles. The summed E-state index contributed by atoms with van der Waals surface area (Å²) in [6.45, 7) is 0. The summed E-state index contributed by atoms with van der Waals surface area (Å²) < 4.78 is 7.40. The molecule has 0 saturated carbocycles. The zero-order valence-corrected chi connectivity index (χ0v) is 14.0. The van der Waals surface area contributed by atoms with E-state index < -0.39 is 6.10 Å². The van der Waals surface area contributed by atoms with Gasteiger partial charge < -0.3 is 9.84 Å². The van der Waals surface area contributed by atoms with Gasteiger partial charge in [0.25, 0.3) is 0 Å². The first-order valence-electron chi connectivity index (χ1n) is 4.99. The minimum atomic E-state index is -0.694. The highest BCUT2D eigenvalue weighted by Gasteiger charge is 2.16. The fourth-order valence-electron chi connectivity index (χ4n) is 1.52. The average molecular weight is 413 g/mol. The predicted octanol–water partition coefficient (Wildman–Crippen LogP) is 5.02. The van der Waals surface area contributed by atoms with Gasteiger partial charge in [-0.1, -0.05) is 17.7 Å². The molecule has 0 amide bonds. The van der Waals surface area contributed by atoms with Crippen LogP contribution in [0.15, 0.2) is 33.2 Å². The molecule has 1 N–H and O–H groups in total. The van der Waals surface area contributed by atoms with Crippen LogP contribution in [0.1, 0.15) is 16.5 Å². The minimum Gasteiger partial charge on any atom is -0.496 e. The van der Waals surface area contributed by atoms with Crippen molar-refractivity contribution in [2.45, 2.75) is 6.10 Å². The van der Waals surface area contributed by atoms with Gasteiger partial charge in [-0.2, -0.15) is 0 Å². The van der Waals surface area contributed by atoms with Gasteiger partial charge in [-0.15, -0.1) is 11.3 Å². The van der Waals surface area contributed by atoms with E-state index in [9.17, 15) is 5.11 Å². The van der Waals surface area contributed by atoms with Crippen LogP contribution < -0.4 is 4.74 Å². The SMILES string of the molecule is COc1ccc(C(O)c2cc(Br)c(Cl)s2)cc1Br. The standard InChI is InChI=1S/C12H9Br2ClO2S/c1-17-9-3-2-6(4-7(9)13)11(16)10-5-8(14)12(15)18-10/h2-5,11,16H,1H3. The molecule has 1 heterocycles. The Morgan fingerprint density at radius 2 is 2.00 bits per heavy atom. The Bertz CT molecular complexity index is 552. The summed E-state index contributed by atoms with van der Waals surface area (Å²) in [5, 5.41) is 10.3. The van der Waals surface area contributed by atoms with Crippen molar-refractivity contribution in [1.82, 2.24) is 0 Å². The van der Waals surface area contributed by atoms with Gasteiger partial charge in [-0.05, 0) is 55.6 Å². The Morgan fingerprint density at radius 1 is 1.28 bits per heavy atom. The molecular weight excluding hydrogens is 403 g/mol. The second kappa shape index (κ2) is 5.92. The van der Waals surface area contributed by atoms with Crippen molar-refractivity contribution >= 4 is 54.8 Å². The summed E-state index contributed by atoms with van der Waals surface area (Å²) >= 11 is 14.1. The molecule has 0 saturated heterocycles. The van der Waals surface area contributed by atoms with Gasteiger partial charge in [0.1, 0.15) is 16.2 Å². The van der Waals surface area contributed by atoms with Crippen molar-refractivity contribution in [3.8, 4) is 5.75 Å². The van der Waals surface area contributed by atoms with Crippen LogP contribution in [-0.4, -0.2) is 12.2 Å². The molecule has 0 spiro atoms. The van der Waals surface area contributed by atoms with Gasteiger partial charge >= 0.3 is 0 Å². The third-order valence-electron chi connectivity index (χ3n) is 2.43. The van der Waals surface area contributed by atoms with Gasteiger partial charge in [0.05, 0.1) is 11.6 Å². The van der Waals surface area contributed by atoms with E-state index in [1.54, 1.807) is 7.11 Å². The lowest BCUT2D eigenvalue weighted by molar-refractivity contribution is 0.224. The third kappa shape index (κ3) is 2.91. The molecule has 2 rings (SSSR count). The first kappa shape index (κ1) is 14.3. The molecule has 0 aliphatic rings. The van der Waals surface area contributed by atoms with Gasteiger partial charge in [-0.3, -0.25) is 0 Å². The number of hydrogen-bond acceptors (Lipinski definition) is 3. The van der Waals surface area contributed by atoms with Crippen LogP contribution in [0.3, 0.4) is 0 Å². The lowest BCUT2D eigenvalue weighted by Gasteiger charge is -2.11. The van der Waals surface area contributed by atoms with E-state index in [1.807, 2.05) is 24.3 Å². The molecule has 0 aliphatic carbocycles. The summed E-state index contributed by atoms with van der Waals surface area (Å²) in [6, 6.07) is 7.31. The van der Waals surface area contributed by atoms with Crippen LogP contribution in [0, 0.1) is 0 Å². The van der Waals surface area contributed by atoms with Crippen LogP contribution in [-0.2, 0) is 0 Å². The summed E-state index contributed by atoms with van der Waals surface area (Å²) in [5.41, 5.74) is 0.785. The van der Waals surface area contributed by atoms with Crippen LogP contribution in [0.4, 0.5) is 0 Å². The first-order valence-corrected chi connectivity index (χ1v) is 7.77. The molecule has 96 valence electrons. The number of hydrogen-bond donors (Lipinski definition) is 1. The van der Waals surface area contributed by atoms with E-state index >= 15 is 0 Å². The van der Waals surface area contributed by atoms with Crippen molar-refractivity contribution in [2.75, 3.05) is 7.11 Å². The largest absolute Gasteiger partial charge is 0.496 e. The Balaban J connectivity index is 2.33. The van der Waals surface area contributed by atoms with Crippen molar-refractivity contribution < 1.29 is 9.84 Å². The third-order valence-corrected chi connectivity index (χ3v) is 5.57. The van der Waals surface area contributed by atoms with E-state index in [-0.39, 0.29) is 0 Å². The molecule has 1 atom stereocenters. The van der Waals surface area contributed by atoms with Crippen LogP contribution in [0.2, 0.25) is 4.34 Å². The molecule has 0 radical (unpaired) electrons. The van der Waals surface area contributed by atoms with E-state index in [2.05, 4.69) is 31.9 Å². The van der Waals surface area contributed by atoms with Crippen molar-refractivity contribution in [2.24, 2.45) is 0 Å². The fourth-order valence-corrected chi connectivity index (χ4v) is 3.82.